The molecular formula is C73H134N2O21. The van der Waals surface area contributed by atoms with Crippen molar-refractivity contribution in [3.63, 3.8) is 0 Å². The molecule has 0 spiro atoms. The van der Waals surface area contributed by atoms with Gasteiger partial charge in [-0.1, -0.05) is 244 Å². The van der Waals surface area contributed by atoms with Crippen molar-refractivity contribution in [1.29, 1.82) is 0 Å². The molecule has 2 amide bonds. The Labute approximate surface area is 574 Å². The minimum atomic E-state index is -3.08. The van der Waals surface area contributed by atoms with Gasteiger partial charge in [-0.05, 0) is 44.9 Å². The van der Waals surface area contributed by atoms with Crippen molar-refractivity contribution in [3.05, 3.63) is 24.3 Å². The van der Waals surface area contributed by atoms with Crippen molar-refractivity contribution in [2.75, 3.05) is 26.4 Å². The molecule has 0 aromatic carbocycles. The second kappa shape index (κ2) is 53.1. The monoisotopic (exact) mass is 1370 g/mol. The van der Waals surface area contributed by atoms with Gasteiger partial charge in [0.1, 0.15) is 67.1 Å². The summed E-state index contributed by atoms with van der Waals surface area (Å²) < 4.78 is 34.8. The summed E-state index contributed by atoms with van der Waals surface area (Å²) >= 11 is 0. The molecule has 0 bridgehead atoms. The molecule has 23 heteroatoms. The lowest BCUT2D eigenvalue weighted by Gasteiger charge is -2.50. The third-order valence-corrected chi connectivity index (χ3v) is 19.2. The topological polar surface area (TPSA) is 373 Å². The van der Waals surface area contributed by atoms with Crippen LogP contribution in [0.2, 0.25) is 0 Å². The molecule has 18 unspecified atom stereocenters. The number of carbonyl (C=O) groups is 3. The molecule has 0 aromatic heterocycles. The largest absolute Gasteiger partial charge is 0.477 e. The smallest absolute Gasteiger partial charge is 0.364 e. The van der Waals surface area contributed by atoms with Gasteiger partial charge in [-0.2, -0.15) is 0 Å². The van der Waals surface area contributed by atoms with Crippen molar-refractivity contribution in [2.24, 2.45) is 0 Å². The van der Waals surface area contributed by atoms with E-state index in [2.05, 4.69) is 48.8 Å². The Morgan fingerprint density at radius 3 is 1.46 bits per heavy atom. The SMILES string of the molecule is CCCCCCCCCCC/C=C\C/C=C\CCCCCCCCCCCCCCCCCCCC(=O)NC(COC1OC(CO)C(OC2OC(CO)C(O)C(OC3(C(=O)O)CC(O)C(NC(C)=O)C(C(O)C(O)CO)O3)C2O)C(O)C1O)C(O)CCCCCCCCCCC. The summed E-state index contributed by atoms with van der Waals surface area (Å²) in [6, 6.07) is -2.53. The zero-order valence-electron chi connectivity index (χ0n) is 59.0. The summed E-state index contributed by atoms with van der Waals surface area (Å²) in [5.41, 5.74) is 0. The fraction of sp³-hybridized carbons (Fsp3) is 0.904. The minimum Gasteiger partial charge on any atom is -0.477 e. The molecule has 562 valence electrons. The molecule has 96 heavy (non-hydrogen) atoms. The quantitative estimate of drug-likeness (QED) is 0.0201. The Kier molecular flexibility index (Phi) is 48.3. The second-order valence-electron chi connectivity index (χ2n) is 27.5. The molecule has 3 aliphatic rings. The highest BCUT2D eigenvalue weighted by atomic mass is 16.8. The van der Waals surface area contributed by atoms with Crippen LogP contribution in [0.4, 0.5) is 0 Å². The van der Waals surface area contributed by atoms with Crippen molar-refractivity contribution in [3.8, 4) is 0 Å². The maximum Gasteiger partial charge on any atom is 0.364 e. The van der Waals surface area contributed by atoms with Gasteiger partial charge >= 0.3 is 5.97 Å². The van der Waals surface area contributed by atoms with Gasteiger partial charge < -0.3 is 100 Å². The zero-order chi connectivity index (χ0) is 70.4. The fourth-order valence-electron chi connectivity index (χ4n) is 13.2. The molecule has 0 aromatic rings. The van der Waals surface area contributed by atoms with E-state index < -0.39 is 148 Å². The van der Waals surface area contributed by atoms with E-state index in [-0.39, 0.29) is 18.9 Å². The van der Waals surface area contributed by atoms with Crippen LogP contribution >= 0.6 is 0 Å². The van der Waals surface area contributed by atoms with E-state index in [1.165, 1.54) is 173 Å². The molecule has 3 saturated heterocycles. The normalized spacial score (nSPS) is 27.7. The molecule has 23 nitrogen and oxygen atoms in total. The third kappa shape index (κ3) is 34.3. The number of rotatable bonds is 58. The summed E-state index contributed by atoms with van der Waals surface area (Å²) in [4.78, 5) is 38.5. The number of aliphatic carboxylic acids is 1. The minimum absolute atomic E-state index is 0.225. The molecule has 18 atom stereocenters. The van der Waals surface area contributed by atoms with Gasteiger partial charge in [-0.25, -0.2) is 4.79 Å². The number of aliphatic hydroxyl groups is 11. The molecule has 14 N–H and O–H groups in total. The van der Waals surface area contributed by atoms with Crippen LogP contribution in [0, 0.1) is 0 Å². The van der Waals surface area contributed by atoms with Crippen LogP contribution in [0.3, 0.4) is 0 Å². The van der Waals surface area contributed by atoms with Crippen molar-refractivity contribution >= 4 is 17.8 Å². The maximum absolute atomic E-state index is 13.5. The fourth-order valence-corrected chi connectivity index (χ4v) is 13.2. The number of nitrogens with one attached hydrogen (secondary N) is 2. The average Bonchev–Trinajstić information content (AvgIpc) is 0.756. The average molecular weight is 1380 g/mol. The lowest BCUT2D eigenvalue weighted by Crippen LogP contribution is -2.70. The molecule has 3 heterocycles. The van der Waals surface area contributed by atoms with E-state index >= 15 is 0 Å². The maximum atomic E-state index is 13.5. The number of ether oxygens (including phenoxy) is 6. The first-order valence-corrected chi connectivity index (χ1v) is 37.7. The first-order valence-electron chi connectivity index (χ1n) is 37.7. The Balaban J connectivity index is 1.43. The van der Waals surface area contributed by atoms with Crippen LogP contribution in [0.25, 0.3) is 0 Å². The number of carboxylic acids is 1. The van der Waals surface area contributed by atoms with E-state index in [1.807, 2.05) is 0 Å². The van der Waals surface area contributed by atoms with Gasteiger partial charge in [-0.3, -0.25) is 9.59 Å². The number of carboxylic acid groups (broad SMARTS) is 1. The van der Waals surface area contributed by atoms with E-state index in [9.17, 15) is 75.7 Å². The summed E-state index contributed by atoms with van der Waals surface area (Å²) in [6.45, 7) is 2.17. The molecule has 0 aliphatic carbocycles. The second-order valence-corrected chi connectivity index (χ2v) is 27.5. The number of unbranched alkanes of at least 4 members (excludes halogenated alkanes) is 34. The lowest BCUT2D eigenvalue weighted by molar-refractivity contribution is -0.386. The molecule has 3 aliphatic heterocycles. The predicted molar refractivity (Wildman–Crippen MR) is 366 cm³/mol. The van der Waals surface area contributed by atoms with Crippen LogP contribution in [-0.2, 0) is 42.8 Å². The van der Waals surface area contributed by atoms with E-state index in [0.717, 1.165) is 64.7 Å². The highest BCUT2D eigenvalue weighted by Gasteiger charge is 2.60. The number of hydrogen-bond acceptors (Lipinski definition) is 20. The van der Waals surface area contributed by atoms with Gasteiger partial charge in [-0.15, -0.1) is 0 Å². The number of carbonyl (C=O) groups excluding carboxylic acids is 2. The number of allylic oxidation sites excluding steroid dienone is 4. The van der Waals surface area contributed by atoms with Crippen molar-refractivity contribution in [2.45, 2.75) is 394 Å². The van der Waals surface area contributed by atoms with Crippen LogP contribution < -0.4 is 10.6 Å². The Morgan fingerprint density at radius 2 is 1.00 bits per heavy atom. The third-order valence-electron chi connectivity index (χ3n) is 19.2. The van der Waals surface area contributed by atoms with E-state index in [0.29, 0.717) is 19.3 Å². The van der Waals surface area contributed by atoms with E-state index in [4.69, 9.17) is 28.4 Å². The van der Waals surface area contributed by atoms with Gasteiger partial charge in [0.2, 0.25) is 11.8 Å². The van der Waals surface area contributed by atoms with Gasteiger partial charge in [0, 0.05) is 19.8 Å². The number of hydrogen-bond donors (Lipinski definition) is 14. The molecular weight excluding hydrogens is 1240 g/mol. The predicted octanol–water partition coefficient (Wildman–Crippen LogP) is 8.40. The summed E-state index contributed by atoms with van der Waals surface area (Å²) in [5.74, 6) is -6.10. The Hall–Kier alpha value is -2.79. The van der Waals surface area contributed by atoms with Crippen molar-refractivity contribution < 1.29 is 104 Å². The standard InChI is InChI=1S/C73H134N2O21/c1-4-6-8-10-12-14-15-16-17-18-19-20-21-22-23-24-25-26-27-28-29-30-31-32-33-34-35-36-37-39-41-43-45-47-60(83)75-54(55(80)46-44-42-40-38-13-11-9-7-5-2)52-91-70-65(87)64(86)67(59(51-78)93-70)94-71-66(88)69(63(85)58(50-77)92-71)96-73(72(89)90)48-56(81)61(74-53(3)79)68(95-73)62(84)57(82)49-76/h19-20,22-23,54-59,61-71,76-78,80-82,84-88H,4-18,21,24-52H2,1-3H3,(H,74,79)(H,75,83)(H,89,90)/b20-19-,23-22-. The summed E-state index contributed by atoms with van der Waals surface area (Å²) in [5, 5.41) is 136. The summed E-state index contributed by atoms with van der Waals surface area (Å²) in [7, 11) is 0. The number of amides is 2. The molecule has 0 saturated carbocycles. The van der Waals surface area contributed by atoms with Crippen LogP contribution in [0.15, 0.2) is 24.3 Å². The zero-order valence-corrected chi connectivity index (χ0v) is 59.0. The van der Waals surface area contributed by atoms with Crippen LogP contribution in [0.1, 0.15) is 284 Å². The molecule has 3 fully saturated rings. The molecule has 3 rings (SSSR count). The van der Waals surface area contributed by atoms with Crippen molar-refractivity contribution in [1.82, 2.24) is 10.6 Å². The Bertz CT molecular complexity index is 2030. The summed E-state index contributed by atoms with van der Waals surface area (Å²) in [6.07, 6.45) is 26.6. The van der Waals surface area contributed by atoms with Gasteiger partial charge in [0.25, 0.3) is 5.79 Å². The van der Waals surface area contributed by atoms with Gasteiger partial charge in [0.15, 0.2) is 12.6 Å². The first-order chi connectivity index (χ1) is 46.4. The molecule has 0 radical (unpaired) electrons. The van der Waals surface area contributed by atoms with Crippen LogP contribution in [0.5, 0.6) is 0 Å². The Morgan fingerprint density at radius 1 is 0.542 bits per heavy atom. The first kappa shape index (κ1) is 87.4. The highest BCUT2D eigenvalue weighted by molar-refractivity contribution is 5.77. The number of aliphatic hydroxyl groups excluding tert-OH is 11. The van der Waals surface area contributed by atoms with Gasteiger partial charge in [0.05, 0.1) is 50.7 Å². The van der Waals surface area contributed by atoms with Crippen LogP contribution in [-0.4, -0.2) is 215 Å². The lowest BCUT2D eigenvalue weighted by atomic mass is 9.88. The van der Waals surface area contributed by atoms with E-state index in [1.54, 1.807) is 0 Å². The highest BCUT2D eigenvalue weighted by Crippen LogP contribution is 2.39.